The van der Waals surface area contributed by atoms with Crippen LogP contribution in [0.3, 0.4) is 0 Å². The average molecular weight is 346 g/mol. The predicted octanol–water partition coefficient (Wildman–Crippen LogP) is 2.75. The van der Waals surface area contributed by atoms with E-state index < -0.39 is 5.91 Å². The highest BCUT2D eigenvalue weighted by molar-refractivity contribution is 6.09. The van der Waals surface area contributed by atoms with Crippen molar-refractivity contribution in [1.82, 2.24) is 20.0 Å². The van der Waals surface area contributed by atoms with Crippen molar-refractivity contribution in [2.24, 2.45) is 5.73 Å². The van der Waals surface area contributed by atoms with E-state index in [-0.39, 0.29) is 23.6 Å². The first-order valence-corrected chi connectivity index (χ1v) is 8.55. The lowest BCUT2D eigenvalue weighted by atomic mass is 10.1. The molecule has 0 bridgehead atoms. The van der Waals surface area contributed by atoms with Crippen LogP contribution in [-0.2, 0) is 0 Å². The van der Waals surface area contributed by atoms with Crippen molar-refractivity contribution in [2.75, 3.05) is 5.32 Å². The summed E-state index contributed by atoms with van der Waals surface area (Å²) >= 11 is 0. The van der Waals surface area contributed by atoms with Gasteiger partial charge in [0.15, 0.2) is 5.69 Å². The van der Waals surface area contributed by atoms with Gasteiger partial charge in [0, 0.05) is 5.69 Å². The molecule has 2 aromatic rings. The molecule has 2 rings (SSSR count). The molecule has 2 aromatic heterocycles. The highest BCUT2D eigenvalue weighted by atomic mass is 16.2. The van der Waals surface area contributed by atoms with Crippen molar-refractivity contribution in [3.8, 4) is 0 Å². The highest BCUT2D eigenvalue weighted by Gasteiger charge is 2.24. The third kappa shape index (κ3) is 3.57. The first-order chi connectivity index (χ1) is 11.8. The molecule has 2 amide bonds. The molecular weight excluding hydrogens is 320 g/mol. The fourth-order valence-electron chi connectivity index (χ4n) is 2.91. The molecule has 2 heterocycles. The third-order valence-corrected chi connectivity index (χ3v) is 4.42. The molecule has 0 aliphatic rings. The van der Waals surface area contributed by atoms with E-state index in [0.717, 1.165) is 18.5 Å². The van der Waals surface area contributed by atoms with Crippen LogP contribution in [0.1, 0.15) is 84.7 Å². The summed E-state index contributed by atoms with van der Waals surface area (Å²) in [6.07, 6.45) is 3.43. The van der Waals surface area contributed by atoms with E-state index >= 15 is 0 Å². The number of nitrogens with two attached hydrogens (primary N) is 1. The first kappa shape index (κ1) is 18.7. The second kappa shape index (κ2) is 7.50. The lowest BCUT2D eigenvalue weighted by Crippen LogP contribution is -2.19. The fraction of sp³-hybridized carbons (Fsp3) is 0.529. The smallest absolute Gasteiger partial charge is 0.271 e. The topological polar surface area (TPSA) is 119 Å². The van der Waals surface area contributed by atoms with E-state index in [0.29, 0.717) is 16.9 Å². The zero-order valence-electron chi connectivity index (χ0n) is 15.4. The van der Waals surface area contributed by atoms with Gasteiger partial charge in [-0.2, -0.15) is 10.2 Å². The molecule has 0 aliphatic heterocycles. The van der Waals surface area contributed by atoms with E-state index in [9.17, 15) is 9.59 Å². The van der Waals surface area contributed by atoms with Crippen LogP contribution in [0.5, 0.6) is 0 Å². The lowest BCUT2D eigenvalue weighted by molar-refractivity contribution is 0.0996. The highest BCUT2D eigenvalue weighted by Crippen LogP contribution is 2.26. The summed E-state index contributed by atoms with van der Waals surface area (Å²) < 4.78 is 1.88. The number of nitrogens with zero attached hydrogens (tertiary/aromatic N) is 3. The van der Waals surface area contributed by atoms with E-state index in [1.165, 1.54) is 0 Å². The van der Waals surface area contributed by atoms with Gasteiger partial charge in [0.2, 0.25) is 0 Å². The Kier molecular flexibility index (Phi) is 5.61. The van der Waals surface area contributed by atoms with Gasteiger partial charge in [0.1, 0.15) is 0 Å². The van der Waals surface area contributed by atoms with Crippen LogP contribution in [-0.4, -0.2) is 31.8 Å². The number of aromatic amines is 1. The minimum absolute atomic E-state index is 0.0297. The van der Waals surface area contributed by atoms with E-state index in [1.54, 1.807) is 6.20 Å². The van der Waals surface area contributed by atoms with Gasteiger partial charge < -0.3 is 11.1 Å². The molecule has 0 unspecified atom stereocenters. The molecule has 136 valence electrons. The summed E-state index contributed by atoms with van der Waals surface area (Å²) in [7, 11) is 0. The van der Waals surface area contributed by atoms with Crippen molar-refractivity contribution in [3.05, 3.63) is 28.8 Å². The monoisotopic (exact) mass is 346 g/mol. The number of carbonyl (C=O) groups is 2. The van der Waals surface area contributed by atoms with Gasteiger partial charge in [-0.05, 0) is 25.7 Å². The van der Waals surface area contributed by atoms with Crippen molar-refractivity contribution >= 4 is 17.5 Å². The molecule has 25 heavy (non-hydrogen) atoms. The van der Waals surface area contributed by atoms with Crippen molar-refractivity contribution in [2.45, 2.75) is 59.4 Å². The van der Waals surface area contributed by atoms with Crippen LogP contribution in [0, 0.1) is 6.92 Å². The number of carbonyl (C=O) groups excluding carboxylic acids is 2. The summed E-state index contributed by atoms with van der Waals surface area (Å²) in [6, 6.07) is 0.253. The lowest BCUT2D eigenvalue weighted by Gasteiger charge is -2.15. The minimum atomic E-state index is -0.692. The van der Waals surface area contributed by atoms with Gasteiger partial charge in [-0.1, -0.05) is 27.7 Å². The molecule has 0 aliphatic carbocycles. The van der Waals surface area contributed by atoms with Gasteiger partial charge in [-0.25, -0.2) is 0 Å². The zero-order chi connectivity index (χ0) is 18.7. The molecule has 0 saturated heterocycles. The van der Waals surface area contributed by atoms with Crippen molar-refractivity contribution in [3.63, 3.8) is 0 Å². The Hall–Kier alpha value is -2.64. The molecule has 0 atom stereocenters. The molecular formula is C17H26N6O2. The number of hydrogen-bond donors (Lipinski definition) is 3. The van der Waals surface area contributed by atoms with E-state index in [4.69, 9.17) is 5.73 Å². The Morgan fingerprint density at radius 3 is 2.48 bits per heavy atom. The van der Waals surface area contributed by atoms with E-state index in [1.807, 2.05) is 25.5 Å². The SMILES string of the molecule is CCC(CC)n1ncc(C(=O)Nc2c(C(N)=O)n[nH]c2C(C)C)c1C. The number of H-pyrrole nitrogens is 1. The summed E-state index contributed by atoms with van der Waals surface area (Å²) in [5.41, 5.74) is 7.65. The number of hydrogen-bond acceptors (Lipinski definition) is 4. The maximum absolute atomic E-state index is 12.7. The van der Waals surface area contributed by atoms with Crippen LogP contribution in [0.4, 0.5) is 5.69 Å². The number of amides is 2. The van der Waals surface area contributed by atoms with Crippen molar-refractivity contribution in [1.29, 1.82) is 0 Å². The molecule has 0 radical (unpaired) electrons. The molecule has 0 spiro atoms. The zero-order valence-corrected chi connectivity index (χ0v) is 15.4. The molecule has 0 aromatic carbocycles. The largest absolute Gasteiger partial charge is 0.364 e. The van der Waals surface area contributed by atoms with Crippen LogP contribution >= 0.6 is 0 Å². The summed E-state index contributed by atoms with van der Waals surface area (Å²) in [6.45, 7) is 9.92. The molecule has 8 heteroatoms. The van der Waals surface area contributed by atoms with Crippen LogP contribution in [0.25, 0.3) is 0 Å². The Labute approximate surface area is 147 Å². The maximum Gasteiger partial charge on any atom is 0.271 e. The first-order valence-electron chi connectivity index (χ1n) is 8.55. The number of anilines is 1. The quantitative estimate of drug-likeness (QED) is 0.714. The molecule has 0 saturated carbocycles. The standard InChI is InChI=1S/C17H26N6O2/c1-6-11(7-2)23-10(5)12(8-19-23)17(25)20-14-13(9(3)4)21-22-15(14)16(18)24/h8-9,11H,6-7H2,1-5H3,(H2,18,24)(H,20,25)(H,21,22). The summed E-state index contributed by atoms with van der Waals surface area (Å²) in [4.78, 5) is 24.3. The molecule has 0 fully saturated rings. The van der Waals surface area contributed by atoms with Gasteiger partial charge in [0.25, 0.3) is 11.8 Å². The van der Waals surface area contributed by atoms with Crippen LogP contribution in [0.15, 0.2) is 6.20 Å². The predicted molar refractivity (Wildman–Crippen MR) is 95.7 cm³/mol. The van der Waals surface area contributed by atoms with Gasteiger partial charge in [-0.3, -0.25) is 19.4 Å². The van der Waals surface area contributed by atoms with E-state index in [2.05, 4.69) is 34.5 Å². The van der Waals surface area contributed by atoms with Crippen LogP contribution in [0.2, 0.25) is 0 Å². The van der Waals surface area contributed by atoms with Crippen molar-refractivity contribution < 1.29 is 9.59 Å². The van der Waals surface area contributed by atoms with Gasteiger partial charge in [0.05, 0.1) is 29.2 Å². The number of rotatable bonds is 7. The average Bonchev–Trinajstić information content (AvgIpc) is 3.13. The minimum Gasteiger partial charge on any atom is -0.364 e. The molecule has 4 N–H and O–H groups in total. The number of nitrogens with one attached hydrogen (secondary N) is 2. The third-order valence-electron chi connectivity index (χ3n) is 4.42. The maximum atomic E-state index is 12.7. The Balaban J connectivity index is 2.35. The number of primary amides is 1. The van der Waals surface area contributed by atoms with Gasteiger partial charge >= 0.3 is 0 Å². The normalized spacial score (nSPS) is 11.3. The Morgan fingerprint density at radius 1 is 1.32 bits per heavy atom. The summed E-state index contributed by atoms with van der Waals surface area (Å²) in [5.74, 6) is -0.979. The molecule has 8 nitrogen and oxygen atoms in total. The number of aromatic nitrogens is 4. The van der Waals surface area contributed by atoms with Gasteiger partial charge in [-0.15, -0.1) is 0 Å². The Bertz CT molecular complexity index is 770. The Morgan fingerprint density at radius 2 is 1.96 bits per heavy atom. The fourth-order valence-corrected chi connectivity index (χ4v) is 2.91. The second-order valence-corrected chi connectivity index (χ2v) is 6.39. The van der Waals surface area contributed by atoms with Crippen LogP contribution < -0.4 is 11.1 Å². The summed E-state index contributed by atoms with van der Waals surface area (Å²) in [5, 5.41) is 13.9. The second-order valence-electron chi connectivity index (χ2n) is 6.39.